The van der Waals surface area contributed by atoms with E-state index >= 15 is 0 Å². The van der Waals surface area contributed by atoms with Gasteiger partial charge in [0.2, 0.25) is 0 Å². The molecule has 1 unspecified atom stereocenters. The molecule has 0 aromatic carbocycles. The first-order valence-electron chi connectivity index (χ1n) is 8.38. The lowest BCUT2D eigenvalue weighted by Gasteiger charge is -2.39. The molecule has 1 saturated heterocycles. The first-order chi connectivity index (χ1) is 10.2. The van der Waals surface area contributed by atoms with Crippen molar-refractivity contribution in [2.24, 2.45) is 0 Å². The number of hydrogen-bond acceptors (Lipinski definition) is 4. The van der Waals surface area contributed by atoms with Gasteiger partial charge in [-0.05, 0) is 31.9 Å². The van der Waals surface area contributed by atoms with Crippen molar-refractivity contribution < 1.29 is 0 Å². The normalized spacial score (nSPS) is 18.2. The second kappa shape index (κ2) is 8.35. The van der Waals surface area contributed by atoms with Crippen molar-refractivity contribution in [3.63, 3.8) is 0 Å². The van der Waals surface area contributed by atoms with Crippen molar-refractivity contribution >= 4 is 5.82 Å². The van der Waals surface area contributed by atoms with Gasteiger partial charge in [0.25, 0.3) is 0 Å². The summed E-state index contributed by atoms with van der Waals surface area (Å²) >= 11 is 0. The summed E-state index contributed by atoms with van der Waals surface area (Å²) in [5.74, 6) is 1.11. The molecule has 4 nitrogen and oxygen atoms in total. The fraction of sp³-hybridized carbons (Fsp3) is 0.706. The molecule has 21 heavy (non-hydrogen) atoms. The minimum Gasteiger partial charge on any atom is -0.354 e. The van der Waals surface area contributed by atoms with Gasteiger partial charge in [-0.15, -0.1) is 0 Å². The summed E-state index contributed by atoms with van der Waals surface area (Å²) < 4.78 is 0. The quantitative estimate of drug-likeness (QED) is 0.835. The average Bonchev–Trinajstić information content (AvgIpc) is 2.56. The van der Waals surface area contributed by atoms with Crippen molar-refractivity contribution in [3.8, 4) is 0 Å². The Morgan fingerprint density at radius 1 is 1.14 bits per heavy atom. The third-order valence-corrected chi connectivity index (χ3v) is 4.60. The summed E-state index contributed by atoms with van der Waals surface area (Å²) in [5.41, 5.74) is 0. The molecular weight excluding hydrogens is 260 g/mol. The third kappa shape index (κ3) is 4.68. The lowest BCUT2D eigenvalue weighted by molar-refractivity contribution is 0.188. The van der Waals surface area contributed by atoms with Crippen LogP contribution < -0.4 is 10.2 Å². The van der Waals surface area contributed by atoms with Crippen LogP contribution in [-0.2, 0) is 0 Å². The zero-order valence-corrected chi connectivity index (χ0v) is 13.8. The topological polar surface area (TPSA) is 31.4 Å². The van der Waals surface area contributed by atoms with Gasteiger partial charge in [0.05, 0.1) is 0 Å². The first-order valence-corrected chi connectivity index (χ1v) is 8.38. The molecule has 4 heteroatoms. The van der Waals surface area contributed by atoms with Crippen molar-refractivity contribution in [1.29, 1.82) is 0 Å². The number of nitrogens with zero attached hydrogens (tertiary/aromatic N) is 3. The molecule has 1 aromatic heterocycles. The molecule has 0 amide bonds. The molecule has 2 heterocycles. The number of pyridine rings is 1. The summed E-state index contributed by atoms with van der Waals surface area (Å²) in [5, 5.41) is 3.69. The van der Waals surface area contributed by atoms with Crippen LogP contribution >= 0.6 is 0 Å². The van der Waals surface area contributed by atoms with Crippen molar-refractivity contribution in [3.05, 3.63) is 24.4 Å². The van der Waals surface area contributed by atoms with Crippen LogP contribution in [0.25, 0.3) is 0 Å². The molecule has 0 aliphatic carbocycles. The Labute approximate surface area is 129 Å². The highest BCUT2D eigenvalue weighted by molar-refractivity contribution is 5.38. The molecular formula is C17H30N4. The number of anilines is 1. The third-order valence-electron chi connectivity index (χ3n) is 4.60. The van der Waals surface area contributed by atoms with E-state index in [1.54, 1.807) is 0 Å². The molecule has 1 aliphatic rings. The highest BCUT2D eigenvalue weighted by atomic mass is 15.3. The van der Waals surface area contributed by atoms with E-state index in [1.165, 1.54) is 12.8 Å². The Bertz CT molecular complexity index is 383. The molecule has 118 valence electrons. The summed E-state index contributed by atoms with van der Waals surface area (Å²) in [6.07, 6.45) is 4.32. The van der Waals surface area contributed by atoms with E-state index in [-0.39, 0.29) is 0 Å². The minimum atomic E-state index is 0.608. The van der Waals surface area contributed by atoms with Gasteiger partial charge in [0.15, 0.2) is 0 Å². The standard InChI is InChI=1S/C17H30N4/c1-4-16(5-2)19-14-15(3)20-10-12-21(13-11-20)17-8-6-7-9-18-17/h6-9,15-16,19H,4-5,10-14H2,1-3H3. The van der Waals surface area contributed by atoms with E-state index in [0.29, 0.717) is 12.1 Å². The lowest BCUT2D eigenvalue weighted by atomic mass is 10.1. The lowest BCUT2D eigenvalue weighted by Crippen LogP contribution is -2.52. The molecule has 0 saturated carbocycles. The fourth-order valence-electron chi connectivity index (χ4n) is 2.98. The molecule has 1 fully saturated rings. The van der Waals surface area contributed by atoms with Crippen LogP contribution in [-0.4, -0.2) is 54.7 Å². The van der Waals surface area contributed by atoms with E-state index in [9.17, 15) is 0 Å². The predicted molar refractivity (Wildman–Crippen MR) is 89.9 cm³/mol. The van der Waals surface area contributed by atoms with Gasteiger partial charge in [-0.2, -0.15) is 0 Å². The summed E-state index contributed by atoms with van der Waals surface area (Å²) in [7, 11) is 0. The van der Waals surface area contributed by atoms with Crippen LogP contribution in [0.1, 0.15) is 33.6 Å². The molecule has 1 aromatic rings. The maximum absolute atomic E-state index is 4.45. The van der Waals surface area contributed by atoms with Gasteiger partial charge in [-0.1, -0.05) is 19.9 Å². The molecule has 1 aliphatic heterocycles. The number of hydrogen-bond donors (Lipinski definition) is 1. The van der Waals surface area contributed by atoms with Gasteiger partial charge < -0.3 is 10.2 Å². The maximum Gasteiger partial charge on any atom is 0.128 e. The molecule has 0 radical (unpaired) electrons. The van der Waals surface area contributed by atoms with Gasteiger partial charge in [-0.3, -0.25) is 4.90 Å². The molecule has 1 N–H and O–H groups in total. The minimum absolute atomic E-state index is 0.608. The smallest absolute Gasteiger partial charge is 0.128 e. The van der Waals surface area contributed by atoms with Gasteiger partial charge in [-0.25, -0.2) is 4.98 Å². The average molecular weight is 290 g/mol. The maximum atomic E-state index is 4.45. The van der Waals surface area contributed by atoms with Crippen LogP contribution in [0.3, 0.4) is 0 Å². The Morgan fingerprint density at radius 3 is 2.43 bits per heavy atom. The van der Waals surface area contributed by atoms with Gasteiger partial charge in [0.1, 0.15) is 5.82 Å². The summed E-state index contributed by atoms with van der Waals surface area (Å²) in [6, 6.07) is 7.43. The number of aromatic nitrogens is 1. The van der Waals surface area contributed by atoms with Crippen LogP contribution in [0.2, 0.25) is 0 Å². The second-order valence-electron chi connectivity index (χ2n) is 5.98. The Morgan fingerprint density at radius 2 is 1.86 bits per heavy atom. The van der Waals surface area contributed by atoms with Crippen molar-refractivity contribution in [1.82, 2.24) is 15.2 Å². The number of rotatable bonds is 7. The zero-order chi connectivity index (χ0) is 15.1. The van der Waals surface area contributed by atoms with Gasteiger partial charge in [0, 0.05) is 51.0 Å². The van der Waals surface area contributed by atoms with E-state index in [4.69, 9.17) is 0 Å². The molecule has 2 rings (SSSR count). The molecule has 0 bridgehead atoms. The van der Waals surface area contributed by atoms with Crippen LogP contribution in [0, 0.1) is 0 Å². The largest absolute Gasteiger partial charge is 0.354 e. The van der Waals surface area contributed by atoms with Crippen LogP contribution in [0.15, 0.2) is 24.4 Å². The second-order valence-corrected chi connectivity index (χ2v) is 5.98. The molecule has 0 spiro atoms. The summed E-state index contributed by atoms with van der Waals surface area (Å²) in [4.78, 5) is 9.43. The number of piperazine rings is 1. The molecule has 1 atom stereocenters. The fourth-order valence-corrected chi connectivity index (χ4v) is 2.98. The SMILES string of the molecule is CCC(CC)NCC(C)N1CCN(c2ccccn2)CC1. The number of nitrogens with one attached hydrogen (secondary N) is 1. The zero-order valence-electron chi connectivity index (χ0n) is 13.8. The van der Waals surface area contributed by atoms with E-state index in [2.05, 4.69) is 53.0 Å². The highest BCUT2D eigenvalue weighted by Gasteiger charge is 2.21. The Balaban J connectivity index is 1.75. The van der Waals surface area contributed by atoms with E-state index < -0.39 is 0 Å². The van der Waals surface area contributed by atoms with Gasteiger partial charge >= 0.3 is 0 Å². The highest BCUT2D eigenvalue weighted by Crippen LogP contribution is 2.14. The van der Waals surface area contributed by atoms with Crippen molar-refractivity contribution in [2.45, 2.75) is 45.7 Å². The monoisotopic (exact) mass is 290 g/mol. The van der Waals surface area contributed by atoms with E-state index in [0.717, 1.165) is 38.5 Å². The predicted octanol–water partition coefficient (Wildman–Crippen LogP) is 2.37. The first kappa shape index (κ1) is 16.2. The van der Waals surface area contributed by atoms with E-state index in [1.807, 2.05) is 12.3 Å². The van der Waals surface area contributed by atoms with Crippen molar-refractivity contribution in [2.75, 3.05) is 37.6 Å². The van der Waals surface area contributed by atoms with Crippen LogP contribution in [0.5, 0.6) is 0 Å². The van der Waals surface area contributed by atoms with Crippen LogP contribution in [0.4, 0.5) is 5.82 Å². The Hall–Kier alpha value is -1.13. The summed E-state index contributed by atoms with van der Waals surface area (Å²) in [6.45, 7) is 12.4. The Kier molecular flexibility index (Phi) is 6.46.